The van der Waals surface area contributed by atoms with Gasteiger partial charge >= 0.3 is 0 Å². The predicted molar refractivity (Wildman–Crippen MR) is 106 cm³/mol. The maximum absolute atomic E-state index is 13.0. The largest absolute Gasteiger partial charge is 0.479 e. The number of hydrogen-bond donors (Lipinski definition) is 1. The highest BCUT2D eigenvalue weighted by Crippen LogP contribution is 2.35. The smallest absolute Gasteiger partial charge is 0.268 e. The number of nitrogens with one attached hydrogen (secondary N) is 1. The van der Waals surface area contributed by atoms with Crippen molar-refractivity contribution in [3.05, 3.63) is 59.4 Å². The molecule has 0 spiro atoms. The topological polar surface area (TPSA) is 75.7 Å². The molecule has 0 saturated carbocycles. The number of carbonyl (C=O) groups excluding carboxylic acids is 3. The maximum Gasteiger partial charge on any atom is 0.268 e. The number of amides is 2. The van der Waals surface area contributed by atoms with Crippen molar-refractivity contribution in [1.82, 2.24) is 5.32 Å². The number of ketones is 1. The Bertz CT molecular complexity index is 927. The Hall–Kier alpha value is -3.22. The maximum atomic E-state index is 13.0. The van der Waals surface area contributed by atoms with Gasteiger partial charge in [-0.1, -0.05) is 19.1 Å². The fourth-order valence-corrected chi connectivity index (χ4v) is 3.12. The van der Waals surface area contributed by atoms with Crippen LogP contribution < -0.4 is 15.0 Å². The zero-order valence-corrected chi connectivity index (χ0v) is 16.4. The van der Waals surface area contributed by atoms with Gasteiger partial charge in [0.15, 0.2) is 11.9 Å². The normalized spacial score (nSPS) is 15.5. The first-order valence-corrected chi connectivity index (χ1v) is 9.55. The number of fused-ring (bicyclic) bond motifs is 1. The molecule has 0 aliphatic carbocycles. The van der Waals surface area contributed by atoms with Crippen LogP contribution in [-0.4, -0.2) is 30.2 Å². The lowest BCUT2D eigenvalue weighted by Crippen LogP contribution is -2.48. The second-order valence-corrected chi connectivity index (χ2v) is 6.94. The molecule has 1 N–H and O–H groups in total. The summed E-state index contributed by atoms with van der Waals surface area (Å²) in [6.45, 7) is 3.55. The zero-order valence-electron chi connectivity index (χ0n) is 16.4. The molecule has 0 bridgehead atoms. The highest BCUT2D eigenvalue weighted by Gasteiger charge is 2.33. The number of anilines is 1. The quantitative estimate of drug-likeness (QED) is 0.727. The van der Waals surface area contributed by atoms with Gasteiger partial charge in [0.1, 0.15) is 18.1 Å². The molecule has 6 nitrogen and oxygen atoms in total. The number of benzene rings is 2. The molecule has 0 fully saturated rings. The van der Waals surface area contributed by atoms with Crippen molar-refractivity contribution in [3.63, 3.8) is 0 Å². The van der Waals surface area contributed by atoms with Gasteiger partial charge in [0.05, 0.1) is 5.69 Å². The van der Waals surface area contributed by atoms with Crippen LogP contribution in [0.1, 0.15) is 42.6 Å². The summed E-state index contributed by atoms with van der Waals surface area (Å²) < 4.78 is 18.6. The average molecular weight is 398 g/mol. The van der Waals surface area contributed by atoms with Crippen molar-refractivity contribution < 1.29 is 23.5 Å². The van der Waals surface area contributed by atoms with Crippen LogP contribution in [0, 0.1) is 5.82 Å². The molecule has 0 saturated heterocycles. The summed E-state index contributed by atoms with van der Waals surface area (Å²) in [7, 11) is 0. The molecule has 1 unspecified atom stereocenters. The van der Waals surface area contributed by atoms with Gasteiger partial charge in [-0.25, -0.2) is 4.39 Å². The Balaban J connectivity index is 1.76. The van der Waals surface area contributed by atoms with E-state index < -0.39 is 6.10 Å². The van der Waals surface area contributed by atoms with E-state index in [-0.39, 0.29) is 36.5 Å². The molecule has 29 heavy (non-hydrogen) atoms. The molecule has 2 aromatic carbocycles. The van der Waals surface area contributed by atoms with Crippen LogP contribution in [0.2, 0.25) is 0 Å². The summed E-state index contributed by atoms with van der Waals surface area (Å²) in [5, 5.41) is 2.73. The third-order valence-electron chi connectivity index (χ3n) is 4.67. The van der Waals surface area contributed by atoms with Crippen LogP contribution in [0.25, 0.3) is 0 Å². The van der Waals surface area contributed by atoms with E-state index in [0.29, 0.717) is 23.4 Å². The van der Waals surface area contributed by atoms with E-state index in [4.69, 9.17) is 4.74 Å². The molecule has 1 heterocycles. The van der Waals surface area contributed by atoms with E-state index in [1.807, 2.05) is 6.92 Å². The monoisotopic (exact) mass is 398 g/mol. The fourth-order valence-electron chi connectivity index (χ4n) is 3.12. The van der Waals surface area contributed by atoms with E-state index in [9.17, 15) is 18.8 Å². The van der Waals surface area contributed by atoms with E-state index >= 15 is 0 Å². The number of ether oxygens (including phenoxy) is 1. The Morgan fingerprint density at radius 1 is 1.17 bits per heavy atom. The number of nitrogens with zero attached hydrogens (tertiary/aromatic N) is 1. The van der Waals surface area contributed by atoms with Gasteiger partial charge in [-0.2, -0.15) is 0 Å². The van der Waals surface area contributed by atoms with Crippen molar-refractivity contribution >= 4 is 23.3 Å². The molecule has 2 amide bonds. The van der Waals surface area contributed by atoms with Gasteiger partial charge in [0, 0.05) is 18.5 Å². The third kappa shape index (κ3) is 4.80. The molecule has 1 aliphatic rings. The summed E-state index contributed by atoms with van der Waals surface area (Å²) >= 11 is 0. The van der Waals surface area contributed by atoms with Crippen molar-refractivity contribution in [2.45, 2.75) is 39.3 Å². The van der Waals surface area contributed by atoms with Crippen molar-refractivity contribution in [2.75, 3.05) is 11.4 Å². The molecule has 3 rings (SSSR count). The zero-order chi connectivity index (χ0) is 21.0. The van der Waals surface area contributed by atoms with Crippen LogP contribution in [0.3, 0.4) is 0 Å². The van der Waals surface area contributed by atoms with Crippen molar-refractivity contribution in [3.8, 4) is 5.75 Å². The van der Waals surface area contributed by atoms with Crippen molar-refractivity contribution in [2.24, 2.45) is 0 Å². The highest BCUT2D eigenvalue weighted by atomic mass is 19.1. The van der Waals surface area contributed by atoms with Crippen molar-refractivity contribution in [1.29, 1.82) is 0 Å². The fraction of sp³-hybridized carbons (Fsp3) is 0.318. The van der Waals surface area contributed by atoms with Crippen LogP contribution in [0.4, 0.5) is 10.1 Å². The summed E-state index contributed by atoms with van der Waals surface area (Å²) in [6.07, 6.45) is 0.393. The molecule has 7 heteroatoms. The lowest BCUT2D eigenvalue weighted by atomic mass is 10.0. The van der Waals surface area contributed by atoms with E-state index in [1.165, 1.54) is 17.0 Å². The minimum Gasteiger partial charge on any atom is -0.479 e. The van der Waals surface area contributed by atoms with Gasteiger partial charge in [-0.05, 0) is 49.2 Å². The van der Waals surface area contributed by atoms with Crippen LogP contribution in [0.15, 0.2) is 42.5 Å². The van der Waals surface area contributed by atoms with Crippen LogP contribution in [-0.2, 0) is 16.1 Å². The first-order chi connectivity index (χ1) is 13.9. The molecule has 1 atom stereocenters. The summed E-state index contributed by atoms with van der Waals surface area (Å²) in [6, 6.07) is 10.7. The first kappa shape index (κ1) is 20.5. The number of carbonyl (C=O) groups is 3. The van der Waals surface area contributed by atoms with Gasteiger partial charge in [0.2, 0.25) is 5.91 Å². The molecular formula is C22H23FN2O4. The Morgan fingerprint density at radius 2 is 1.90 bits per heavy atom. The summed E-state index contributed by atoms with van der Waals surface area (Å²) in [5.74, 6) is -0.640. The Kier molecular flexibility index (Phi) is 6.26. The SMILES string of the molecule is CCCC(=O)c1ccc2c(c1)N(CC(=O)NCc1ccc(F)cc1)C(=O)C(C)O2. The Labute approximate surface area is 168 Å². The molecule has 2 aromatic rings. The third-order valence-corrected chi connectivity index (χ3v) is 4.67. The molecule has 152 valence electrons. The molecule has 0 radical (unpaired) electrons. The van der Waals surface area contributed by atoms with E-state index in [2.05, 4.69) is 5.32 Å². The number of Topliss-reactive ketones (excluding diaryl/α,β-unsaturated/α-hetero) is 1. The van der Waals surface area contributed by atoms with Gasteiger partial charge in [0.25, 0.3) is 5.91 Å². The second kappa shape index (κ2) is 8.86. The number of halogens is 1. The standard InChI is InChI=1S/C22H23FN2O4/c1-3-4-19(26)16-7-10-20-18(11-16)25(22(28)14(2)29-20)13-21(27)24-12-15-5-8-17(23)9-6-15/h5-11,14H,3-4,12-13H2,1-2H3,(H,24,27). The lowest BCUT2D eigenvalue weighted by Gasteiger charge is -2.32. The minimum absolute atomic E-state index is 0.0258. The van der Waals surface area contributed by atoms with Gasteiger partial charge in [-0.15, -0.1) is 0 Å². The van der Waals surface area contributed by atoms with E-state index in [0.717, 1.165) is 12.0 Å². The Morgan fingerprint density at radius 3 is 2.59 bits per heavy atom. The number of rotatable bonds is 7. The molecule has 0 aromatic heterocycles. The van der Waals surface area contributed by atoms with Gasteiger partial charge in [-0.3, -0.25) is 19.3 Å². The molecule has 1 aliphatic heterocycles. The van der Waals surface area contributed by atoms with Gasteiger partial charge < -0.3 is 10.1 Å². The predicted octanol–water partition coefficient (Wildman–Crippen LogP) is 3.24. The summed E-state index contributed by atoms with van der Waals surface area (Å²) in [5.41, 5.74) is 1.63. The minimum atomic E-state index is -0.732. The van der Waals surface area contributed by atoms with E-state index in [1.54, 1.807) is 37.3 Å². The molecular weight excluding hydrogens is 375 g/mol. The average Bonchev–Trinajstić information content (AvgIpc) is 2.71. The number of hydrogen-bond acceptors (Lipinski definition) is 4. The van der Waals surface area contributed by atoms with Crippen LogP contribution in [0.5, 0.6) is 5.75 Å². The second-order valence-electron chi connectivity index (χ2n) is 6.94. The summed E-state index contributed by atoms with van der Waals surface area (Å²) in [4.78, 5) is 38.7. The van der Waals surface area contributed by atoms with Crippen LogP contribution >= 0.6 is 0 Å². The highest BCUT2D eigenvalue weighted by molar-refractivity contribution is 6.05. The first-order valence-electron chi connectivity index (χ1n) is 9.55. The lowest BCUT2D eigenvalue weighted by molar-refractivity contribution is -0.128.